The van der Waals surface area contributed by atoms with Crippen molar-refractivity contribution in [3.63, 3.8) is 0 Å². The van der Waals surface area contributed by atoms with Crippen LogP contribution in [0.1, 0.15) is 44.1 Å². The molecule has 0 spiro atoms. The van der Waals surface area contributed by atoms with Gasteiger partial charge in [0.25, 0.3) is 0 Å². The fourth-order valence-corrected chi connectivity index (χ4v) is 3.08. The lowest BCUT2D eigenvalue weighted by Crippen LogP contribution is -2.37. The van der Waals surface area contributed by atoms with Gasteiger partial charge in [0.2, 0.25) is 0 Å². The zero-order valence-electron chi connectivity index (χ0n) is 16.1. The normalized spacial score (nSPS) is 15.9. The highest BCUT2D eigenvalue weighted by molar-refractivity contribution is 5.79. The van der Waals surface area contributed by atoms with Crippen LogP contribution in [0.3, 0.4) is 0 Å². The number of nitrogens with one attached hydrogen (secondary N) is 2. The molecule has 1 aliphatic carbocycles. The summed E-state index contributed by atoms with van der Waals surface area (Å²) in [6.07, 6.45) is 8.02. The Labute approximate surface area is 152 Å². The summed E-state index contributed by atoms with van der Waals surface area (Å²) < 4.78 is 5.95. The van der Waals surface area contributed by atoms with Crippen molar-refractivity contribution >= 4 is 11.6 Å². The minimum absolute atomic E-state index is 0.497. The summed E-state index contributed by atoms with van der Waals surface area (Å²) in [6.45, 7) is 2.48. The van der Waals surface area contributed by atoms with Crippen molar-refractivity contribution in [3.05, 3.63) is 29.8 Å². The molecule has 0 radical (unpaired) electrons. The van der Waals surface area contributed by atoms with Crippen molar-refractivity contribution in [1.29, 1.82) is 0 Å². The van der Waals surface area contributed by atoms with Gasteiger partial charge in [0.1, 0.15) is 0 Å². The molecule has 0 amide bonds. The highest BCUT2D eigenvalue weighted by Gasteiger charge is 2.12. The molecule has 0 unspecified atom stereocenters. The van der Waals surface area contributed by atoms with E-state index in [2.05, 4.69) is 58.9 Å². The van der Waals surface area contributed by atoms with Gasteiger partial charge in [0.15, 0.2) is 5.96 Å². The summed E-state index contributed by atoms with van der Waals surface area (Å²) in [6, 6.07) is 8.56. The third-order valence-corrected chi connectivity index (χ3v) is 4.66. The summed E-state index contributed by atoms with van der Waals surface area (Å²) >= 11 is 0. The van der Waals surface area contributed by atoms with Gasteiger partial charge in [-0.15, -0.1) is 0 Å². The quantitative estimate of drug-likeness (QED) is 0.431. The predicted octanol–water partition coefficient (Wildman–Crippen LogP) is 3.16. The van der Waals surface area contributed by atoms with E-state index in [1.165, 1.54) is 43.4 Å². The van der Waals surface area contributed by atoms with Crippen molar-refractivity contribution < 1.29 is 4.74 Å². The van der Waals surface area contributed by atoms with Crippen LogP contribution in [0.2, 0.25) is 0 Å². The zero-order chi connectivity index (χ0) is 17.9. The highest BCUT2D eigenvalue weighted by atomic mass is 16.5. The molecule has 1 aromatic carbocycles. The van der Waals surface area contributed by atoms with Gasteiger partial charge in [0.05, 0.1) is 6.10 Å². The minimum Gasteiger partial charge on any atom is -0.378 e. The Balaban J connectivity index is 1.60. The number of anilines is 1. The van der Waals surface area contributed by atoms with Crippen molar-refractivity contribution in [3.8, 4) is 0 Å². The Morgan fingerprint density at radius 1 is 1.12 bits per heavy atom. The molecule has 1 fully saturated rings. The van der Waals surface area contributed by atoms with Crippen LogP contribution in [0, 0.1) is 0 Å². The van der Waals surface area contributed by atoms with E-state index in [4.69, 9.17) is 4.74 Å². The molecule has 0 atom stereocenters. The Morgan fingerprint density at radius 3 is 2.48 bits per heavy atom. The lowest BCUT2D eigenvalue weighted by molar-refractivity contribution is 0.0277. The largest absolute Gasteiger partial charge is 0.378 e. The molecule has 1 saturated carbocycles. The molecule has 0 heterocycles. The number of nitrogens with zero attached hydrogens (tertiary/aromatic N) is 2. The van der Waals surface area contributed by atoms with Crippen molar-refractivity contribution in [2.45, 2.75) is 51.2 Å². The van der Waals surface area contributed by atoms with Crippen LogP contribution >= 0.6 is 0 Å². The number of hydrogen-bond donors (Lipinski definition) is 2. The molecule has 1 aliphatic rings. The van der Waals surface area contributed by atoms with Crippen molar-refractivity contribution in [2.24, 2.45) is 4.99 Å². The second kappa shape index (κ2) is 11.0. The van der Waals surface area contributed by atoms with E-state index in [0.29, 0.717) is 6.10 Å². The average Bonchev–Trinajstić information content (AvgIpc) is 2.65. The maximum Gasteiger partial charge on any atom is 0.191 e. The second-order valence-electron chi connectivity index (χ2n) is 6.90. The Bertz CT molecular complexity index is 507. The van der Waals surface area contributed by atoms with Gasteiger partial charge >= 0.3 is 0 Å². The molecule has 2 rings (SSSR count). The van der Waals surface area contributed by atoms with Gasteiger partial charge < -0.3 is 20.3 Å². The van der Waals surface area contributed by atoms with Gasteiger partial charge in [-0.3, -0.25) is 4.99 Å². The van der Waals surface area contributed by atoms with E-state index < -0.39 is 0 Å². The Kier molecular flexibility index (Phi) is 8.60. The fraction of sp³-hybridized carbons (Fsp3) is 0.650. The summed E-state index contributed by atoms with van der Waals surface area (Å²) in [5.41, 5.74) is 2.46. The van der Waals surface area contributed by atoms with E-state index in [-0.39, 0.29) is 0 Å². The van der Waals surface area contributed by atoms with Crippen LogP contribution in [0.5, 0.6) is 0 Å². The summed E-state index contributed by atoms with van der Waals surface area (Å²) in [5, 5.41) is 6.72. The molecule has 0 aromatic heterocycles. The first-order valence-corrected chi connectivity index (χ1v) is 9.51. The molecule has 0 saturated heterocycles. The molecule has 5 heteroatoms. The molecular formula is C20H34N4O. The van der Waals surface area contributed by atoms with Gasteiger partial charge in [-0.2, -0.15) is 0 Å². The monoisotopic (exact) mass is 346 g/mol. The fourth-order valence-electron chi connectivity index (χ4n) is 3.08. The molecule has 0 aliphatic heterocycles. The van der Waals surface area contributed by atoms with Gasteiger partial charge in [0, 0.05) is 46.5 Å². The molecule has 1 aromatic rings. The number of rotatable bonds is 8. The standard InChI is InChI=1S/C20H34N4O/c1-21-20(22-14-7-15-25-19-8-5-4-6-9-19)23-16-17-10-12-18(13-11-17)24(2)3/h10-13,19H,4-9,14-16H2,1-3H3,(H2,21,22,23). The number of guanidine groups is 1. The molecule has 5 nitrogen and oxygen atoms in total. The zero-order valence-corrected chi connectivity index (χ0v) is 16.1. The summed E-state index contributed by atoms with van der Waals surface area (Å²) in [5.74, 6) is 0.842. The first-order valence-electron chi connectivity index (χ1n) is 9.51. The van der Waals surface area contributed by atoms with Crippen LogP contribution in [-0.2, 0) is 11.3 Å². The maximum absolute atomic E-state index is 5.95. The Morgan fingerprint density at radius 2 is 1.84 bits per heavy atom. The smallest absolute Gasteiger partial charge is 0.191 e. The van der Waals surface area contributed by atoms with E-state index in [1.54, 1.807) is 0 Å². The van der Waals surface area contributed by atoms with E-state index in [9.17, 15) is 0 Å². The molecular weight excluding hydrogens is 312 g/mol. The number of ether oxygens (including phenoxy) is 1. The van der Waals surface area contributed by atoms with Crippen LogP contribution < -0.4 is 15.5 Å². The first-order chi connectivity index (χ1) is 12.2. The first kappa shape index (κ1) is 19.6. The van der Waals surface area contributed by atoms with Crippen molar-refractivity contribution in [1.82, 2.24) is 10.6 Å². The third kappa shape index (κ3) is 7.34. The molecule has 25 heavy (non-hydrogen) atoms. The molecule has 140 valence electrons. The SMILES string of the molecule is CN=C(NCCCOC1CCCCC1)NCc1ccc(N(C)C)cc1. The van der Waals surface area contributed by atoms with Gasteiger partial charge in [-0.1, -0.05) is 31.4 Å². The van der Waals surface area contributed by atoms with E-state index in [1.807, 2.05) is 7.05 Å². The van der Waals surface area contributed by atoms with Crippen LogP contribution in [-0.4, -0.2) is 46.4 Å². The van der Waals surface area contributed by atoms with E-state index >= 15 is 0 Å². The number of hydrogen-bond acceptors (Lipinski definition) is 3. The topological polar surface area (TPSA) is 48.9 Å². The summed E-state index contributed by atoms with van der Waals surface area (Å²) in [4.78, 5) is 6.39. The van der Waals surface area contributed by atoms with Crippen LogP contribution in [0.15, 0.2) is 29.3 Å². The number of aliphatic imine (C=N–C) groups is 1. The number of benzene rings is 1. The van der Waals surface area contributed by atoms with Gasteiger partial charge in [-0.05, 0) is 37.0 Å². The van der Waals surface area contributed by atoms with E-state index in [0.717, 1.165) is 32.1 Å². The van der Waals surface area contributed by atoms with Gasteiger partial charge in [-0.25, -0.2) is 0 Å². The van der Waals surface area contributed by atoms with Crippen LogP contribution in [0.4, 0.5) is 5.69 Å². The average molecular weight is 347 g/mol. The molecule has 0 bridgehead atoms. The molecule has 2 N–H and O–H groups in total. The second-order valence-corrected chi connectivity index (χ2v) is 6.90. The minimum atomic E-state index is 0.497. The highest BCUT2D eigenvalue weighted by Crippen LogP contribution is 2.20. The predicted molar refractivity (Wildman–Crippen MR) is 106 cm³/mol. The van der Waals surface area contributed by atoms with Crippen molar-refractivity contribution in [2.75, 3.05) is 39.2 Å². The third-order valence-electron chi connectivity index (χ3n) is 4.66. The lowest BCUT2D eigenvalue weighted by atomic mass is 9.98. The summed E-state index contributed by atoms with van der Waals surface area (Å²) in [7, 11) is 5.91. The maximum atomic E-state index is 5.95. The lowest BCUT2D eigenvalue weighted by Gasteiger charge is -2.22. The van der Waals surface area contributed by atoms with Crippen LogP contribution in [0.25, 0.3) is 0 Å². The Hall–Kier alpha value is -1.75.